The Labute approximate surface area is 185 Å². The number of carbonyl (C=O) groups excluding carboxylic acids is 3. The summed E-state index contributed by atoms with van der Waals surface area (Å²) in [4.78, 5) is 44.7. The molecule has 168 valence electrons. The Morgan fingerprint density at radius 1 is 0.968 bits per heavy atom. The van der Waals surface area contributed by atoms with Crippen LogP contribution in [0.3, 0.4) is 0 Å². The fourth-order valence-corrected chi connectivity index (χ4v) is 5.88. The largest absolute Gasteiger partial charge is 0.348 e. The van der Waals surface area contributed by atoms with Crippen LogP contribution in [0.5, 0.6) is 0 Å². The van der Waals surface area contributed by atoms with E-state index in [0.717, 1.165) is 6.42 Å². The molecule has 3 aliphatic rings. The highest BCUT2D eigenvalue weighted by atomic mass is 16.2. The van der Waals surface area contributed by atoms with Crippen LogP contribution in [0.25, 0.3) is 0 Å². The van der Waals surface area contributed by atoms with Crippen molar-refractivity contribution < 1.29 is 14.4 Å². The van der Waals surface area contributed by atoms with E-state index in [0.29, 0.717) is 44.1 Å². The third-order valence-corrected chi connectivity index (χ3v) is 7.59. The van der Waals surface area contributed by atoms with Gasteiger partial charge in [0.2, 0.25) is 11.8 Å². The van der Waals surface area contributed by atoms with E-state index in [1.165, 1.54) is 32.1 Å². The molecule has 0 bridgehead atoms. The molecule has 2 aliphatic heterocycles. The van der Waals surface area contributed by atoms with Crippen LogP contribution in [-0.4, -0.2) is 72.7 Å². The molecule has 0 aromatic heterocycles. The summed E-state index contributed by atoms with van der Waals surface area (Å²) in [6.07, 6.45) is 7.94. The standard InChI is InChI=1S/C25H35N3O3/c1-26(2)24(31)25-17-27(22(29)14-13-19-9-5-3-6-10-19)15-21(25)16-28(18-25)23(30)20-11-7-4-8-12-20/h4,7-8,11-12,19,21H,3,5-6,9-10,13-18H2,1-2H3/t21-,25-/m1/s1. The Morgan fingerprint density at radius 3 is 2.29 bits per heavy atom. The van der Waals surface area contributed by atoms with Crippen LogP contribution in [0, 0.1) is 17.3 Å². The average Bonchev–Trinajstić information content (AvgIpc) is 3.33. The van der Waals surface area contributed by atoms with Crippen molar-refractivity contribution in [2.75, 3.05) is 40.3 Å². The minimum Gasteiger partial charge on any atom is -0.348 e. The van der Waals surface area contributed by atoms with Crippen LogP contribution < -0.4 is 0 Å². The number of carbonyl (C=O) groups is 3. The number of fused-ring (bicyclic) bond motifs is 1. The number of rotatable bonds is 5. The van der Waals surface area contributed by atoms with Crippen LogP contribution in [0.15, 0.2) is 30.3 Å². The maximum atomic E-state index is 13.3. The van der Waals surface area contributed by atoms with Gasteiger partial charge in [0.1, 0.15) is 0 Å². The van der Waals surface area contributed by atoms with Gasteiger partial charge >= 0.3 is 0 Å². The van der Waals surface area contributed by atoms with Crippen molar-refractivity contribution in [2.45, 2.75) is 44.9 Å². The van der Waals surface area contributed by atoms with Crippen molar-refractivity contribution in [1.82, 2.24) is 14.7 Å². The van der Waals surface area contributed by atoms with Crippen LogP contribution >= 0.6 is 0 Å². The third kappa shape index (κ3) is 4.35. The summed E-state index contributed by atoms with van der Waals surface area (Å²) in [5, 5.41) is 0. The van der Waals surface area contributed by atoms with Crippen molar-refractivity contribution in [3.63, 3.8) is 0 Å². The lowest BCUT2D eigenvalue weighted by molar-refractivity contribution is -0.140. The molecule has 6 nitrogen and oxygen atoms in total. The summed E-state index contributed by atoms with van der Waals surface area (Å²) in [6, 6.07) is 9.24. The highest BCUT2D eigenvalue weighted by Gasteiger charge is 2.59. The summed E-state index contributed by atoms with van der Waals surface area (Å²) in [5.74, 6) is 0.844. The quantitative estimate of drug-likeness (QED) is 0.729. The molecule has 1 saturated carbocycles. The molecule has 2 saturated heterocycles. The number of likely N-dealkylation sites (tertiary alicyclic amines) is 2. The van der Waals surface area contributed by atoms with E-state index in [9.17, 15) is 14.4 Å². The smallest absolute Gasteiger partial charge is 0.253 e. The van der Waals surface area contributed by atoms with Crippen LogP contribution in [-0.2, 0) is 9.59 Å². The Hall–Kier alpha value is -2.37. The van der Waals surface area contributed by atoms with Gasteiger partial charge in [-0.3, -0.25) is 14.4 Å². The van der Waals surface area contributed by atoms with E-state index < -0.39 is 5.41 Å². The first-order valence-corrected chi connectivity index (χ1v) is 11.7. The van der Waals surface area contributed by atoms with Crippen molar-refractivity contribution in [2.24, 2.45) is 17.3 Å². The Morgan fingerprint density at radius 2 is 1.61 bits per heavy atom. The van der Waals surface area contributed by atoms with E-state index in [4.69, 9.17) is 0 Å². The Balaban J connectivity index is 1.44. The van der Waals surface area contributed by atoms with Gasteiger partial charge in [-0.05, 0) is 24.5 Å². The molecule has 3 amide bonds. The maximum Gasteiger partial charge on any atom is 0.253 e. The van der Waals surface area contributed by atoms with Crippen LogP contribution in [0.2, 0.25) is 0 Å². The molecule has 0 spiro atoms. The Bertz CT molecular complexity index is 819. The van der Waals surface area contributed by atoms with E-state index >= 15 is 0 Å². The van der Waals surface area contributed by atoms with Crippen molar-refractivity contribution in [3.05, 3.63) is 35.9 Å². The van der Waals surface area contributed by atoms with Gasteiger partial charge < -0.3 is 14.7 Å². The molecule has 0 N–H and O–H groups in total. The van der Waals surface area contributed by atoms with E-state index in [2.05, 4.69) is 0 Å². The molecule has 1 aromatic carbocycles. The highest BCUT2D eigenvalue weighted by molar-refractivity contribution is 5.96. The second-order valence-electron chi connectivity index (χ2n) is 9.92. The number of benzene rings is 1. The molecule has 6 heteroatoms. The number of hydrogen-bond acceptors (Lipinski definition) is 3. The minimum atomic E-state index is -0.686. The van der Waals surface area contributed by atoms with Gasteiger partial charge in [0, 0.05) is 58.2 Å². The molecule has 31 heavy (non-hydrogen) atoms. The van der Waals surface area contributed by atoms with E-state index in [1.807, 2.05) is 40.1 Å². The Kier molecular flexibility index (Phi) is 6.35. The zero-order chi connectivity index (χ0) is 22.0. The van der Waals surface area contributed by atoms with Gasteiger partial charge in [-0.15, -0.1) is 0 Å². The van der Waals surface area contributed by atoms with Crippen molar-refractivity contribution in [1.29, 1.82) is 0 Å². The number of amides is 3. The molecule has 4 rings (SSSR count). The van der Waals surface area contributed by atoms with Crippen LogP contribution in [0.4, 0.5) is 0 Å². The molecular formula is C25H35N3O3. The lowest BCUT2D eigenvalue weighted by Gasteiger charge is -2.31. The average molecular weight is 426 g/mol. The lowest BCUT2D eigenvalue weighted by atomic mass is 9.79. The normalized spacial score (nSPS) is 26.1. The SMILES string of the molecule is CN(C)C(=O)[C@@]12CN(C(=O)CCC3CCCCC3)C[C@@H]1CN(C(=O)c1ccccc1)C2. The molecule has 1 aromatic rings. The maximum absolute atomic E-state index is 13.3. The zero-order valence-electron chi connectivity index (χ0n) is 18.9. The molecule has 0 radical (unpaired) electrons. The predicted octanol–water partition coefficient (Wildman–Crippen LogP) is 3.04. The molecule has 2 heterocycles. The molecule has 3 fully saturated rings. The summed E-state index contributed by atoms with van der Waals surface area (Å²) in [7, 11) is 3.53. The third-order valence-electron chi connectivity index (χ3n) is 7.59. The molecular weight excluding hydrogens is 390 g/mol. The van der Waals surface area contributed by atoms with Gasteiger partial charge in [-0.25, -0.2) is 0 Å². The van der Waals surface area contributed by atoms with Crippen molar-refractivity contribution >= 4 is 17.7 Å². The zero-order valence-corrected chi connectivity index (χ0v) is 18.9. The van der Waals surface area contributed by atoms with Gasteiger partial charge in [-0.2, -0.15) is 0 Å². The monoisotopic (exact) mass is 425 g/mol. The molecule has 2 atom stereocenters. The molecule has 1 aliphatic carbocycles. The summed E-state index contributed by atoms with van der Waals surface area (Å²) in [5.41, 5.74) is -0.0376. The summed E-state index contributed by atoms with van der Waals surface area (Å²) in [6.45, 7) is 1.91. The highest BCUT2D eigenvalue weighted by Crippen LogP contribution is 2.44. The fourth-order valence-electron chi connectivity index (χ4n) is 5.88. The van der Waals surface area contributed by atoms with Crippen LogP contribution in [0.1, 0.15) is 55.3 Å². The van der Waals surface area contributed by atoms with Gasteiger partial charge in [0.05, 0.1) is 5.41 Å². The minimum absolute atomic E-state index is 0.00584. The van der Waals surface area contributed by atoms with Gasteiger partial charge in [0.15, 0.2) is 0 Å². The predicted molar refractivity (Wildman–Crippen MR) is 119 cm³/mol. The first kappa shape index (κ1) is 21.8. The number of hydrogen-bond donors (Lipinski definition) is 0. The van der Waals surface area contributed by atoms with Gasteiger partial charge in [-0.1, -0.05) is 50.3 Å². The first-order valence-electron chi connectivity index (χ1n) is 11.7. The fraction of sp³-hybridized carbons (Fsp3) is 0.640. The second kappa shape index (κ2) is 9.01. The number of nitrogens with zero attached hydrogens (tertiary/aromatic N) is 3. The topological polar surface area (TPSA) is 60.9 Å². The molecule has 0 unspecified atom stereocenters. The lowest BCUT2D eigenvalue weighted by Crippen LogP contribution is -2.48. The van der Waals surface area contributed by atoms with Gasteiger partial charge in [0.25, 0.3) is 5.91 Å². The van der Waals surface area contributed by atoms with Crippen molar-refractivity contribution in [3.8, 4) is 0 Å². The summed E-state index contributed by atoms with van der Waals surface area (Å²) >= 11 is 0. The van der Waals surface area contributed by atoms with E-state index in [-0.39, 0.29) is 23.6 Å². The second-order valence-corrected chi connectivity index (χ2v) is 9.92. The van der Waals surface area contributed by atoms with E-state index in [1.54, 1.807) is 19.0 Å². The first-order chi connectivity index (χ1) is 14.9. The summed E-state index contributed by atoms with van der Waals surface area (Å²) < 4.78 is 0.